The Hall–Kier alpha value is -3.09. The molecule has 1 aromatic carbocycles. The van der Waals surface area contributed by atoms with Crippen molar-refractivity contribution in [3.05, 3.63) is 59.9 Å². The number of rotatable bonds is 5. The minimum atomic E-state index is -0.148. The van der Waals surface area contributed by atoms with Gasteiger partial charge in [-0.25, -0.2) is 0 Å². The van der Waals surface area contributed by atoms with Crippen LogP contribution >= 0.6 is 0 Å². The molecule has 1 saturated heterocycles. The van der Waals surface area contributed by atoms with E-state index in [2.05, 4.69) is 5.32 Å². The fourth-order valence-electron chi connectivity index (χ4n) is 3.14. The second-order valence-corrected chi connectivity index (χ2v) is 6.58. The number of piperazine rings is 1. The summed E-state index contributed by atoms with van der Waals surface area (Å²) in [6, 6.07) is 13.2. The van der Waals surface area contributed by atoms with Gasteiger partial charge in [0.25, 0.3) is 5.91 Å². The number of carbonyl (C=O) groups excluding carboxylic acids is 3. The Labute approximate surface area is 158 Å². The Morgan fingerprint density at radius 1 is 0.926 bits per heavy atom. The lowest BCUT2D eigenvalue weighted by atomic mass is 10.2. The van der Waals surface area contributed by atoms with E-state index in [1.165, 1.54) is 6.92 Å². The largest absolute Gasteiger partial charge is 0.350 e. The maximum atomic E-state index is 12.8. The lowest BCUT2D eigenvalue weighted by Gasteiger charge is -2.34. The third-order valence-corrected chi connectivity index (χ3v) is 4.71. The topological polar surface area (TPSA) is 74.7 Å². The predicted octanol–water partition coefficient (Wildman–Crippen LogP) is 1.11. The molecule has 0 bridgehead atoms. The summed E-state index contributed by atoms with van der Waals surface area (Å²) in [5, 5.41) is 2.87. The van der Waals surface area contributed by atoms with Crippen LogP contribution in [0.3, 0.4) is 0 Å². The maximum Gasteiger partial charge on any atom is 0.270 e. The van der Waals surface area contributed by atoms with Crippen molar-refractivity contribution in [3.63, 3.8) is 0 Å². The van der Waals surface area contributed by atoms with Crippen LogP contribution < -0.4 is 5.32 Å². The maximum absolute atomic E-state index is 12.8. The van der Waals surface area contributed by atoms with E-state index in [9.17, 15) is 14.4 Å². The summed E-state index contributed by atoms with van der Waals surface area (Å²) in [7, 11) is 0. The molecule has 0 spiro atoms. The Bertz CT molecular complexity index is 808. The molecule has 27 heavy (non-hydrogen) atoms. The lowest BCUT2D eigenvalue weighted by Crippen LogP contribution is -2.50. The van der Waals surface area contributed by atoms with Crippen LogP contribution in [-0.4, -0.2) is 58.3 Å². The van der Waals surface area contributed by atoms with Gasteiger partial charge >= 0.3 is 0 Å². The normalized spacial score (nSPS) is 14.1. The number of aromatic nitrogens is 1. The predicted molar refractivity (Wildman–Crippen MR) is 101 cm³/mol. The van der Waals surface area contributed by atoms with E-state index >= 15 is 0 Å². The van der Waals surface area contributed by atoms with Crippen molar-refractivity contribution in [1.29, 1.82) is 0 Å². The summed E-state index contributed by atoms with van der Waals surface area (Å²) in [6.45, 7) is 4.18. The first-order chi connectivity index (χ1) is 13.0. The first kappa shape index (κ1) is 18.7. The molecule has 0 unspecified atom stereocenters. The Balaban J connectivity index is 1.56. The van der Waals surface area contributed by atoms with E-state index in [0.29, 0.717) is 38.4 Å². The fourth-order valence-corrected chi connectivity index (χ4v) is 3.14. The van der Waals surface area contributed by atoms with Crippen molar-refractivity contribution >= 4 is 17.7 Å². The quantitative estimate of drug-likeness (QED) is 0.859. The molecule has 2 aromatic rings. The van der Waals surface area contributed by atoms with E-state index in [4.69, 9.17) is 0 Å². The number of carbonyl (C=O) groups is 3. The molecule has 0 aliphatic carbocycles. The van der Waals surface area contributed by atoms with E-state index in [0.717, 1.165) is 5.56 Å². The van der Waals surface area contributed by atoms with Crippen LogP contribution in [-0.2, 0) is 22.7 Å². The Morgan fingerprint density at radius 3 is 2.26 bits per heavy atom. The van der Waals surface area contributed by atoms with Crippen molar-refractivity contribution in [3.8, 4) is 0 Å². The number of hydrogen-bond donors (Lipinski definition) is 1. The van der Waals surface area contributed by atoms with E-state index in [1.807, 2.05) is 30.3 Å². The van der Waals surface area contributed by atoms with Crippen LogP contribution in [0.15, 0.2) is 48.7 Å². The van der Waals surface area contributed by atoms with Gasteiger partial charge in [0.15, 0.2) is 0 Å². The highest BCUT2D eigenvalue weighted by Crippen LogP contribution is 2.10. The first-order valence-electron chi connectivity index (χ1n) is 9.05. The van der Waals surface area contributed by atoms with Gasteiger partial charge in [-0.3, -0.25) is 14.4 Å². The molecule has 0 atom stereocenters. The highest BCUT2D eigenvalue weighted by Gasteiger charge is 2.25. The zero-order valence-electron chi connectivity index (χ0n) is 15.4. The van der Waals surface area contributed by atoms with Gasteiger partial charge in [-0.2, -0.15) is 0 Å². The van der Waals surface area contributed by atoms with Gasteiger partial charge in [0.1, 0.15) is 12.2 Å². The summed E-state index contributed by atoms with van der Waals surface area (Å²) in [4.78, 5) is 39.9. The number of amides is 3. The molecule has 0 saturated carbocycles. The SMILES string of the molecule is CC(=O)N1CCN(C(=O)c2cccn2CC(=O)NCc2ccccc2)CC1. The van der Waals surface area contributed by atoms with Crippen molar-refractivity contribution in [2.24, 2.45) is 0 Å². The van der Waals surface area contributed by atoms with Gasteiger partial charge in [-0.15, -0.1) is 0 Å². The monoisotopic (exact) mass is 368 g/mol. The zero-order valence-corrected chi connectivity index (χ0v) is 15.4. The number of benzene rings is 1. The van der Waals surface area contributed by atoms with Crippen molar-refractivity contribution in [2.75, 3.05) is 26.2 Å². The molecule has 3 rings (SSSR count). The van der Waals surface area contributed by atoms with Crippen LogP contribution in [0, 0.1) is 0 Å². The second kappa shape index (κ2) is 8.53. The van der Waals surface area contributed by atoms with E-state index in [-0.39, 0.29) is 24.3 Å². The van der Waals surface area contributed by atoms with Crippen LogP contribution in [0.4, 0.5) is 0 Å². The highest BCUT2D eigenvalue weighted by atomic mass is 16.2. The van der Waals surface area contributed by atoms with Crippen LogP contribution in [0.2, 0.25) is 0 Å². The molecule has 3 amide bonds. The van der Waals surface area contributed by atoms with Crippen molar-refractivity contribution in [2.45, 2.75) is 20.0 Å². The van der Waals surface area contributed by atoms with Crippen molar-refractivity contribution in [1.82, 2.24) is 19.7 Å². The fraction of sp³-hybridized carbons (Fsp3) is 0.350. The molecular formula is C20H24N4O3. The average Bonchev–Trinajstić information content (AvgIpc) is 3.14. The third kappa shape index (κ3) is 4.75. The molecule has 2 heterocycles. The molecule has 1 aliphatic heterocycles. The molecule has 0 radical (unpaired) electrons. The molecule has 1 fully saturated rings. The molecule has 1 aliphatic rings. The minimum Gasteiger partial charge on any atom is -0.350 e. The molecule has 7 nitrogen and oxygen atoms in total. The Morgan fingerprint density at radius 2 is 1.59 bits per heavy atom. The van der Waals surface area contributed by atoms with Gasteiger partial charge in [0, 0.05) is 45.8 Å². The standard InChI is InChI=1S/C20H24N4O3/c1-16(25)22-10-12-23(13-11-22)20(27)18-8-5-9-24(18)15-19(26)21-14-17-6-3-2-4-7-17/h2-9H,10-15H2,1H3,(H,21,26). The van der Waals surface area contributed by atoms with Gasteiger partial charge in [-0.1, -0.05) is 30.3 Å². The first-order valence-corrected chi connectivity index (χ1v) is 9.05. The third-order valence-electron chi connectivity index (χ3n) is 4.71. The second-order valence-electron chi connectivity index (χ2n) is 6.58. The summed E-state index contributed by atoms with van der Waals surface area (Å²) >= 11 is 0. The summed E-state index contributed by atoms with van der Waals surface area (Å²) in [5.74, 6) is -0.231. The van der Waals surface area contributed by atoms with E-state index in [1.54, 1.807) is 32.7 Å². The average molecular weight is 368 g/mol. The molecule has 142 valence electrons. The summed E-state index contributed by atoms with van der Waals surface area (Å²) in [6.07, 6.45) is 1.74. The number of nitrogens with one attached hydrogen (secondary N) is 1. The number of hydrogen-bond acceptors (Lipinski definition) is 3. The van der Waals surface area contributed by atoms with Crippen LogP contribution in [0.5, 0.6) is 0 Å². The van der Waals surface area contributed by atoms with Gasteiger partial charge in [0.2, 0.25) is 11.8 Å². The number of nitrogens with zero attached hydrogens (tertiary/aromatic N) is 3. The minimum absolute atomic E-state index is 0.0283. The van der Waals surface area contributed by atoms with Gasteiger partial charge in [-0.05, 0) is 17.7 Å². The van der Waals surface area contributed by atoms with Crippen LogP contribution in [0.25, 0.3) is 0 Å². The van der Waals surface area contributed by atoms with E-state index < -0.39 is 0 Å². The smallest absolute Gasteiger partial charge is 0.270 e. The molecule has 1 N–H and O–H groups in total. The van der Waals surface area contributed by atoms with Gasteiger partial charge < -0.3 is 19.7 Å². The lowest BCUT2D eigenvalue weighted by molar-refractivity contribution is -0.130. The van der Waals surface area contributed by atoms with Gasteiger partial charge in [0.05, 0.1) is 0 Å². The highest BCUT2D eigenvalue weighted by molar-refractivity contribution is 5.93. The molecular weight excluding hydrogens is 344 g/mol. The summed E-state index contributed by atoms with van der Waals surface area (Å²) < 4.78 is 1.67. The summed E-state index contributed by atoms with van der Waals surface area (Å²) in [5.41, 5.74) is 1.51. The Kier molecular flexibility index (Phi) is 5.90. The zero-order chi connectivity index (χ0) is 19.2. The molecule has 7 heteroatoms. The van der Waals surface area contributed by atoms with Crippen LogP contribution in [0.1, 0.15) is 23.0 Å². The molecule has 1 aromatic heterocycles. The van der Waals surface area contributed by atoms with Crippen molar-refractivity contribution < 1.29 is 14.4 Å².